The zero-order valence-electron chi connectivity index (χ0n) is 14.0. The van der Waals surface area contributed by atoms with E-state index in [0.29, 0.717) is 5.92 Å². The molecule has 0 saturated heterocycles. The Balaban J connectivity index is 1.59. The summed E-state index contributed by atoms with van der Waals surface area (Å²) < 4.78 is 1.16. The van der Waals surface area contributed by atoms with Crippen molar-refractivity contribution >= 4 is 32.3 Å². The van der Waals surface area contributed by atoms with E-state index in [2.05, 4.69) is 88.7 Å². The van der Waals surface area contributed by atoms with Gasteiger partial charge in [0.05, 0.1) is 0 Å². The van der Waals surface area contributed by atoms with Crippen LogP contribution in [0.1, 0.15) is 35.4 Å². The third kappa shape index (κ3) is 2.58. The van der Waals surface area contributed by atoms with Crippen LogP contribution in [-0.2, 0) is 6.42 Å². The molecule has 2 aliphatic carbocycles. The summed E-state index contributed by atoms with van der Waals surface area (Å²) in [6.45, 7) is 0. The van der Waals surface area contributed by atoms with E-state index >= 15 is 0 Å². The van der Waals surface area contributed by atoms with Gasteiger partial charge in [-0.05, 0) is 64.4 Å². The maximum atomic E-state index is 3.64. The van der Waals surface area contributed by atoms with Gasteiger partial charge in [0.25, 0.3) is 0 Å². The molecule has 122 valence electrons. The summed E-state index contributed by atoms with van der Waals surface area (Å²) in [5, 5.41) is 2.74. The second-order valence-corrected chi connectivity index (χ2v) is 7.97. The molecule has 0 amide bonds. The number of hydrogen-bond acceptors (Lipinski definition) is 0. The summed E-state index contributed by atoms with van der Waals surface area (Å²) in [5.41, 5.74) is 7.47. The van der Waals surface area contributed by atoms with Crippen LogP contribution in [0.25, 0.3) is 16.3 Å². The Morgan fingerprint density at radius 2 is 1.72 bits per heavy atom. The van der Waals surface area contributed by atoms with Crippen molar-refractivity contribution in [3.63, 3.8) is 0 Å². The van der Waals surface area contributed by atoms with Crippen LogP contribution in [0, 0.1) is 0 Å². The normalized spacial score (nSPS) is 19.0. The molecule has 1 unspecified atom stereocenters. The van der Waals surface area contributed by atoms with Crippen molar-refractivity contribution in [2.45, 2.75) is 25.2 Å². The maximum Gasteiger partial charge on any atom is 0.0181 e. The minimum atomic E-state index is 0.524. The molecule has 1 atom stereocenters. The van der Waals surface area contributed by atoms with Crippen molar-refractivity contribution in [2.75, 3.05) is 0 Å². The molecule has 0 bridgehead atoms. The third-order valence-electron chi connectivity index (χ3n) is 5.63. The van der Waals surface area contributed by atoms with Gasteiger partial charge in [0.15, 0.2) is 0 Å². The summed E-state index contributed by atoms with van der Waals surface area (Å²) in [6.07, 6.45) is 8.26. The summed E-state index contributed by atoms with van der Waals surface area (Å²) in [6, 6.07) is 22.1. The second-order valence-electron chi connectivity index (χ2n) is 7.05. The van der Waals surface area contributed by atoms with Crippen LogP contribution in [0.3, 0.4) is 0 Å². The van der Waals surface area contributed by atoms with Crippen molar-refractivity contribution in [1.82, 2.24) is 0 Å². The van der Waals surface area contributed by atoms with Crippen molar-refractivity contribution in [1.29, 1.82) is 0 Å². The van der Waals surface area contributed by atoms with Crippen LogP contribution in [-0.4, -0.2) is 0 Å². The van der Waals surface area contributed by atoms with Gasteiger partial charge >= 0.3 is 0 Å². The molecule has 5 rings (SSSR count). The van der Waals surface area contributed by atoms with Crippen LogP contribution >= 0.6 is 15.9 Å². The van der Waals surface area contributed by atoms with Gasteiger partial charge < -0.3 is 0 Å². The Bertz CT molecular complexity index is 1020. The van der Waals surface area contributed by atoms with E-state index in [-0.39, 0.29) is 0 Å². The smallest absolute Gasteiger partial charge is 0.0181 e. The van der Waals surface area contributed by atoms with Crippen molar-refractivity contribution in [3.8, 4) is 0 Å². The Morgan fingerprint density at radius 3 is 2.60 bits per heavy atom. The predicted molar refractivity (Wildman–Crippen MR) is 110 cm³/mol. The Labute approximate surface area is 157 Å². The predicted octanol–water partition coefficient (Wildman–Crippen LogP) is 7.05. The standard InChI is InChI=1S/C24H19Br/c25-20-10-6-17-7-12-22-21-11-8-18(16-4-2-1-3-5-16)14-19(21)9-13-23(22)24(17)15-20/h1-8,10-12,15,18H,9,13-14H2. The monoisotopic (exact) mass is 386 g/mol. The molecular formula is C24H19Br. The van der Waals surface area contributed by atoms with Gasteiger partial charge in [0.2, 0.25) is 0 Å². The van der Waals surface area contributed by atoms with Gasteiger partial charge in [0, 0.05) is 10.4 Å². The summed E-state index contributed by atoms with van der Waals surface area (Å²) in [4.78, 5) is 0. The molecule has 0 aromatic heterocycles. The van der Waals surface area contributed by atoms with Crippen molar-refractivity contribution in [2.24, 2.45) is 0 Å². The fraction of sp³-hybridized carbons (Fsp3) is 0.167. The Kier molecular flexibility index (Phi) is 3.64. The van der Waals surface area contributed by atoms with E-state index in [0.717, 1.165) is 17.3 Å². The number of halogens is 1. The first-order valence-corrected chi connectivity index (χ1v) is 9.75. The van der Waals surface area contributed by atoms with Crippen LogP contribution in [0.4, 0.5) is 0 Å². The molecule has 0 spiro atoms. The number of aryl methyl sites for hydroxylation is 1. The molecule has 0 N–H and O–H groups in total. The molecule has 0 radical (unpaired) electrons. The lowest BCUT2D eigenvalue weighted by atomic mass is 9.76. The Morgan fingerprint density at radius 1 is 0.880 bits per heavy atom. The molecule has 0 fully saturated rings. The van der Waals surface area contributed by atoms with Crippen molar-refractivity contribution in [3.05, 3.63) is 99.6 Å². The molecular weight excluding hydrogens is 368 g/mol. The molecule has 0 heterocycles. The first-order valence-electron chi connectivity index (χ1n) is 8.96. The third-order valence-corrected chi connectivity index (χ3v) is 6.13. The topological polar surface area (TPSA) is 0 Å². The van der Waals surface area contributed by atoms with Gasteiger partial charge in [-0.2, -0.15) is 0 Å². The average molecular weight is 387 g/mol. The van der Waals surface area contributed by atoms with E-state index < -0.39 is 0 Å². The highest BCUT2D eigenvalue weighted by Gasteiger charge is 2.24. The van der Waals surface area contributed by atoms with E-state index in [1.807, 2.05) is 0 Å². The molecule has 3 aromatic rings. The van der Waals surface area contributed by atoms with E-state index in [4.69, 9.17) is 0 Å². The highest BCUT2D eigenvalue weighted by atomic mass is 79.9. The van der Waals surface area contributed by atoms with Gasteiger partial charge in [-0.1, -0.05) is 82.2 Å². The number of hydrogen-bond donors (Lipinski definition) is 0. The van der Waals surface area contributed by atoms with E-state index in [9.17, 15) is 0 Å². The van der Waals surface area contributed by atoms with Gasteiger partial charge in [-0.25, -0.2) is 0 Å². The summed E-state index contributed by atoms with van der Waals surface area (Å²) in [7, 11) is 0. The zero-order valence-corrected chi connectivity index (χ0v) is 15.6. The van der Waals surface area contributed by atoms with Gasteiger partial charge in [0.1, 0.15) is 0 Å². The number of allylic oxidation sites excluding steroid dienone is 4. The molecule has 1 heteroatoms. The van der Waals surface area contributed by atoms with Gasteiger partial charge in [-0.15, -0.1) is 0 Å². The second kappa shape index (κ2) is 6.00. The highest BCUT2D eigenvalue weighted by molar-refractivity contribution is 9.10. The molecule has 0 saturated carbocycles. The Hall–Kier alpha value is -2.12. The average Bonchev–Trinajstić information content (AvgIpc) is 2.67. The molecule has 0 nitrogen and oxygen atoms in total. The van der Waals surface area contributed by atoms with Crippen LogP contribution < -0.4 is 0 Å². The summed E-state index contributed by atoms with van der Waals surface area (Å²) in [5.74, 6) is 0.524. The van der Waals surface area contributed by atoms with Crippen LogP contribution in [0.2, 0.25) is 0 Å². The number of rotatable bonds is 1. The SMILES string of the molecule is Brc1ccc2ccc3c(c2c1)CCC1=C3C=CC(c2ccccc2)C1. The zero-order chi connectivity index (χ0) is 16.8. The molecule has 25 heavy (non-hydrogen) atoms. The lowest BCUT2D eigenvalue weighted by molar-refractivity contribution is 0.756. The lowest BCUT2D eigenvalue weighted by Crippen LogP contribution is -2.11. The minimum absolute atomic E-state index is 0.524. The van der Waals surface area contributed by atoms with Crippen molar-refractivity contribution < 1.29 is 0 Å². The first-order chi connectivity index (χ1) is 12.3. The largest absolute Gasteiger partial charge is 0.0761 e. The molecule has 2 aliphatic rings. The molecule has 0 aliphatic heterocycles. The maximum absolute atomic E-state index is 3.64. The fourth-order valence-corrected chi connectivity index (χ4v) is 4.73. The first kappa shape index (κ1) is 15.2. The number of fused-ring (bicyclic) bond motifs is 4. The minimum Gasteiger partial charge on any atom is -0.0761 e. The number of benzene rings is 3. The van der Waals surface area contributed by atoms with E-state index in [1.165, 1.54) is 39.5 Å². The van der Waals surface area contributed by atoms with E-state index in [1.54, 1.807) is 5.57 Å². The lowest BCUT2D eigenvalue weighted by Gasteiger charge is -2.29. The molecule has 3 aromatic carbocycles. The van der Waals surface area contributed by atoms with Crippen LogP contribution in [0.5, 0.6) is 0 Å². The summed E-state index contributed by atoms with van der Waals surface area (Å²) >= 11 is 3.64. The quantitative estimate of drug-likeness (QED) is 0.420. The fourth-order valence-electron chi connectivity index (χ4n) is 4.37. The van der Waals surface area contributed by atoms with Crippen LogP contribution in [0.15, 0.2) is 82.9 Å². The van der Waals surface area contributed by atoms with Gasteiger partial charge in [-0.3, -0.25) is 0 Å². The highest BCUT2D eigenvalue weighted by Crippen LogP contribution is 2.43.